The molecule has 0 atom stereocenters. The van der Waals surface area contributed by atoms with Gasteiger partial charge in [0.2, 0.25) is 12.3 Å². The molecule has 3 rings (SSSR count). The summed E-state index contributed by atoms with van der Waals surface area (Å²) in [5.41, 5.74) is 0.937. The molecular formula is C12H7BrN2O. The highest BCUT2D eigenvalue weighted by atomic mass is 79.9. The van der Waals surface area contributed by atoms with E-state index in [0.29, 0.717) is 5.89 Å². The highest BCUT2D eigenvalue weighted by Gasteiger charge is 2.04. The van der Waals surface area contributed by atoms with Gasteiger partial charge in [-0.05, 0) is 35.0 Å². The van der Waals surface area contributed by atoms with Gasteiger partial charge in [-0.25, -0.2) is 0 Å². The molecule has 0 amide bonds. The molecule has 4 heteroatoms. The summed E-state index contributed by atoms with van der Waals surface area (Å²) in [5, 5.41) is 9.88. The zero-order valence-electron chi connectivity index (χ0n) is 8.22. The van der Waals surface area contributed by atoms with E-state index in [0.717, 1.165) is 15.4 Å². The van der Waals surface area contributed by atoms with E-state index < -0.39 is 0 Å². The monoisotopic (exact) mass is 274 g/mol. The predicted octanol–water partition coefficient (Wildman–Crippen LogP) is 3.65. The lowest BCUT2D eigenvalue weighted by atomic mass is 10.1. The maximum absolute atomic E-state index is 5.16. The Kier molecular flexibility index (Phi) is 2.22. The van der Waals surface area contributed by atoms with Gasteiger partial charge in [0, 0.05) is 10.0 Å². The SMILES string of the molecule is Brc1ccc2cc(-c3nnco3)ccc2c1. The fourth-order valence-corrected chi connectivity index (χ4v) is 2.03. The van der Waals surface area contributed by atoms with Crippen molar-refractivity contribution in [3.8, 4) is 11.5 Å². The molecule has 0 saturated heterocycles. The second kappa shape index (κ2) is 3.72. The minimum Gasteiger partial charge on any atom is -0.423 e. The maximum Gasteiger partial charge on any atom is 0.247 e. The summed E-state index contributed by atoms with van der Waals surface area (Å²) in [7, 11) is 0. The summed E-state index contributed by atoms with van der Waals surface area (Å²) >= 11 is 3.45. The number of rotatable bonds is 1. The summed E-state index contributed by atoms with van der Waals surface area (Å²) < 4.78 is 6.24. The summed E-state index contributed by atoms with van der Waals surface area (Å²) in [6.07, 6.45) is 1.33. The third kappa shape index (κ3) is 1.61. The van der Waals surface area contributed by atoms with E-state index in [9.17, 15) is 0 Å². The Morgan fingerprint density at radius 1 is 1.00 bits per heavy atom. The minimum atomic E-state index is 0.546. The maximum atomic E-state index is 5.16. The lowest BCUT2D eigenvalue weighted by Crippen LogP contribution is -1.79. The number of aromatic nitrogens is 2. The largest absolute Gasteiger partial charge is 0.423 e. The van der Waals surface area contributed by atoms with Crippen molar-refractivity contribution in [2.45, 2.75) is 0 Å². The second-order valence-electron chi connectivity index (χ2n) is 3.45. The summed E-state index contributed by atoms with van der Waals surface area (Å²) in [5.74, 6) is 0.546. The number of nitrogens with zero attached hydrogens (tertiary/aromatic N) is 2. The van der Waals surface area contributed by atoms with Gasteiger partial charge < -0.3 is 4.42 Å². The van der Waals surface area contributed by atoms with Crippen molar-refractivity contribution in [3.63, 3.8) is 0 Å². The lowest BCUT2D eigenvalue weighted by molar-refractivity contribution is 0.569. The molecule has 0 fully saturated rings. The first-order valence-corrected chi connectivity index (χ1v) is 5.58. The topological polar surface area (TPSA) is 38.9 Å². The first-order chi connectivity index (χ1) is 7.83. The Labute approximate surface area is 100 Å². The van der Waals surface area contributed by atoms with Crippen LogP contribution in [0.4, 0.5) is 0 Å². The molecule has 3 aromatic rings. The van der Waals surface area contributed by atoms with Gasteiger partial charge >= 0.3 is 0 Å². The van der Waals surface area contributed by atoms with E-state index in [1.54, 1.807) is 0 Å². The van der Waals surface area contributed by atoms with Crippen LogP contribution in [0.3, 0.4) is 0 Å². The number of benzene rings is 2. The predicted molar refractivity (Wildman–Crippen MR) is 64.9 cm³/mol. The van der Waals surface area contributed by atoms with Crippen LogP contribution in [0.1, 0.15) is 0 Å². The van der Waals surface area contributed by atoms with Crippen LogP contribution in [-0.2, 0) is 0 Å². The zero-order valence-corrected chi connectivity index (χ0v) is 9.81. The molecule has 2 aromatic carbocycles. The van der Waals surface area contributed by atoms with Gasteiger partial charge in [0.15, 0.2) is 0 Å². The molecule has 1 heterocycles. The van der Waals surface area contributed by atoms with Crippen LogP contribution in [0.5, 0.6) is 0 Å². The molecule has 0 aliphatic rings. The Morgan fingerprint density at radius 3 is 2.62 bits per heavy atom. The van der Waals surface area contributed by atoms with Gasteiger partial charge in [0.25, 0.3) is 0 Å². The quantitative estimate of drug-likeness (QED) is 0.680. The zero-order chi connectivity index (χ0) is 11.0. The van der Waals surface area contributed by atoms with Gasteiger partial charge in [-0.2, -0.15) is 0 Å². The molecule has 0 saturated carbocycles. The molecule has 0 N–H and O–H groups in total. The first-order valence-electron chi connectivity index (χ1n) is 4.79. The van der Waals surface area contributed by atoms with Crippen LogP contribution < -0.4 is 0 Å². The van der Waals surface area contributed by atoms with Gasteiger partial charge in [-0.1, -0.05) is 28.1 Å². The number of fused-ring (bicyclic) bond motifs is 1. The Hall–Kier alpha value is -1.68. The number of halogens is 1. The third-order valence-electron chi connectivity index (χ3n) is 2.41. The number of hydrogen-bond donors (Lipinski definition) is 0. The molecule has 78 valence electrons. The summed E-state index contributed by atoms with van der Waals surface area (Å²) in [4.78, 5) is 0. The van der Waals surface area contributed by atoms with Crippen molar-refractivity contribution in [1.29, 1.82) is 0 Å². The van der Waals surface area contributed by atoms with Gasteiger partial charge in [-0.3, -0.25) is 0 Å². The summed E-state index contributed by atoms with van der Waals surface area (Å²) in [6.45, 7) is 0. The van der Waals surface area contributed by atoms with Crippen LogP contribution in [0.2, 0.25) is 0 Å². The van der Waals surface area contributed by atoms with Crippen molar-refractivity contribution in [2.75, 3.05) is 0 Å². The smallest absolute Gasteiger partial charge is 0.247 e. The normalized spacial score (nSPS) is 10.8. The van der Waals surface area contributed by atoms with Gasteiger partial charge in [0.1, 0.15) is 0 Å². The summed E-state index contributed by atoms with van der Waals surface area (Å²) in [6, 6.07) is 12.2. The molecule has 0 aliphatic carbocycles. The van der Waals surface area contributed by atoms with Crippen LogP contribution in [0.25, 0.3) is 22.2 Å². The molecule has 16 heavy (non-hydrogen) atoms. The number of hydrogen-bond acceptors (Lipinski definition) is 3. The minimum absolute atomic E-state index is 0.546. The lowest BCUT2D eigenvalue weighted by Gasteiger charge is -2.00. The van der Waals surface area contributed by atoms with E-state index >= 15 is 0 Å². The first kappa shape index (κ1) is 9.54. The average molecular weight is 275 g/mol. The Bertz CT molecular complexity index is 635. The van der Waals surface area contributed by atoms with Crippen molar-refractivity contribution in [2.24, 2.45) is 0 Å². The van der Waals surface area contributed by atoms with E-state index in [1.165, 1.54) is 11.8 Å². The van der Waals surface area contributed by atoms with Gasteiger partial charge in [-0.15, -0.1) is 10.2 Å². The standard InChI is InChI=1S/C12H7BrN2O/c13-11-4-3-8-5-10(2-1-9(8)6-11)12-15-14-7-16-12/h1-7H. The molecular weight excluding hydrogens is 268 g/mol. The molecule has 1 aromatic heterocycles. The molecule has 0 spiro atoms. The van der Waals surface area contributed by atoms with Crippen molar-refractivity contribution in [3.05, 3.63) is 47.3 Å². The van der Waals surface area contributed by atoms with Crippen LogP contribution in [-0.4, -0.2) is 10.2 Å². The Balaban J connectivity index is 2.20. The molecule has 0 aliphatic heterocycles. The van der Waals surface area contributed by atoms with Crippen molar-refractivity contribution in [1.82, 2.24) is 10.2 Å². The van der Waals surface area contributed by atoms with E-state index in [2.05, 4.69) is 38.3 Å². The molecule has 0 unspecified atom stereocenters. The van der Waals surface area contributed by atoms with E-state index in [4.69, 9.17) is 4.42 Å². The van der Waals surface area contributed by atoms with Gasteiger partial charge in [0.05, 0.1) is 0 Å². The average Bonchev–Trinajstić information content (AvgIpc) is 2.82. The highest BCUT2D eigenvalue weighted by Crippen LogP contribution is 2.25. The fourth-order valence-electron chi connectivity index (χ4n) is 1.65. The van der Waals surface area contributed by atoms with Crippen molar-refractivity contribution < 1.29 is 4.42 Å². The highest BCUT2D eigenvalue weighted by molar-refractivity contribution is 9.10. The molecule has 0 radical (unpaired) electrons. The molecule has 3 nitrogen and oxygen atoms in total. The Morgan fingerprint density at radius 2 is 1.81 bits per heavy atom. The van der Waals surface area contributed by atoms with Crippen molar-refractivity contribution >= 4 is 26.7 Å². The van der Waals surface area contributed by atoms with Crippen LogP contribution >= 0.6 is 15.9 Å². The molecule has 0 bridgehead atoms. The second-order valence-corrected chi connectivity index (χ2v) is 4.37. The van der Waals surface area contributed by atoms with E-state index in [-0.39, 0.29) is 0 Å². The van der Waals surface area contributed by atoms with Crippen LogP contribution in [0, 0.1) is 0 Å². The van der Waals surface area contributed by atoms with E-state index in [1.807, 2.05) is 24.3 Å². The van der Waals surface area contributed by atoms with Crippen LogP contribution in [0.15, 0.2) is 51.7 Å². The fraction of sp³-hybridized carbons (Fsp3) is 0. The third-order valence-corrected chi connectivity index (χ3v) is 2.90.